The Kier molecular flexibility index (Phi) is 7.88. The number of carbonyl (C=O) groups excluding carboxylic acids is 3. The molecule has 0 saturated heterocycles. The number of nitrogens with two attached hydrogens (primary N) is 1. The summed E-state index contributed by atoms with van der Waals surface area (Å²) in [5.41, 5.74) is 5.12. The third-order valence-corrected chi connectivity index (χ3v) is 3.21. The fourth-order valence-corrected chi connectivity index (χ4v) is 2.06. The number of Topliss-reactive ketones (excluding diaryl/α,β-unsaturated/α-hetero) is 1. The number of ketones is 1. The van der Waals surface area contributed by atoms with Gasteiger partial charge in [0.2, 0.25) is 17.6 Å². The normalized spacial score (nSPS) is 11.9. The van der Waals surface area contributed by atoms with E-state index in [4.69, 9.17) is 10.2 Å². The van der Waals surface area contributed by atoms with Gasteiger partial charge in [0.1, 0.15) is 12.3 Å². The summed E-state index contributed by atoms with van der Waals surface area (Å²) in [4.78, 5) is 38.8. The van der Waals surface area contributed by atoms with Crippen LogP contribution in [0.4, 0.5) is 0 Å². The van der Waals surface area contributed by atoms with Gasteiger partial charge >= 0.3 is 0 Å². The lowest BCUT2D eigenvalue weighted by Crippen LogP contribution is -2.43. The fourth-order valence-electron chi connectivity index (χ4n) is 2.06. The predicted octanol–water partition coefficient (Wildman–Crippen LogP) is 1.58. The van der Waals surface area contributed by atoms with Gasteiger partial charge in [-0.2, -0.15) is 0 Å². The topological polar surface area (TPSA) is 115 Å². The molecular formula is C15H23N3O4. The lowest BCUT2D eigenvalue weighted by molar-refractivity contribution is -0.122. The molecule has 0 radical (unpaired) electrons. The molecular weight excluding hydrogens is 286 g/mol. The molecule has 22 heavy (non-hydrogen) atoms. The highest BCUT2D eigenvalue weighted by Crippen LogP contribution is 2.07. The third-order valence-electron chi connectivity index (χ3n) is 3.21. The predicted molar refractivity (Wildman–Crippen MR) is 80.0 cm³/mol. The Morgan fingerprint density at radius 2 is 2.00 bits per heavy atom. The second kappa shape index (κ2) is 9.70. The van der Waals surface area contributed by atoms with Crippen molar-refractivity contribution in [1.29, 1.82) is 0 Å². The Bertz CT molecular complexity index is 485. The number of oxazole rings is 1. The Labute approximate surface area is 129 Å². The van der Waals surface area contributed by atoms with E-state index < -0.39 is 17.7 Å². The van der Waals surface area contributed by atoms with Crippen LogP contribution in [0.25, 0.3) is 0 Å². The van der Waals surface area contributed by atoms with E-state index in [2.05, 4.69) is 17.2 Å². The quantitative estimate of drug-likeness (QED) is 0.475. The summed E-state index contributed by atoms with van der Waals surface area (Å²) >= 11 is 0. The molecule has 3 N–H and O–H groups in total. The maximum atomic E-state index is 12.1. The average Bonchev–Trinajstić information content (AvgIpc) is 2.99. The van der Waals surface area contributed by atoms with Crippen molar-refractivity contribution in [2.24, 2.45) is 5.73 Å². The number of nitrogens with zero attached hydrogens (tertiary/aromatic N) is 1. The zero-order valence-electron chi connectivity index (χ0n) is 12.8. The van der Waals surface area contributed by atoms with E-state index in [1.54, 1.807) is 0 Å². The van der Waals surface area contributed by atoms with Crippen LogP contribution in [0.3, 0.4) is 0 Å². The highest BCUT2D eigenvalue weighted by Gasteiger charge is 2.26. The molecule has 2 amide bonds. The highest BCUT2D eigenvalue weighted by atomic mass is 16.3. The van der Waals surface area contributed by atoms with Gasteiger partial charge < -0.3 is 15.5 Å². The lowest BCUT2D eigenvalue weighted by atomic mass is 10.1. The first-order valence-electron chi connectivity index (χ1n) is 7.56. The Morgan fingerprint density at radius 1 is 1.27 bits per heavy atom. The van der Waals surface area contributed by atoms with Crippen molar-refractivity contribution < 1.29 is 18.8 Å². The van der Waals surface area contributed by atoms with Crippen molar-refractivity contribution in [3.05, 3.63) is 18.4 Å². The first-order chi connectivity index (χ1) is 10.5. The summed E-state index contributed by atoms with van der Waals surface area (Å²) in [6.07, 6.45) is 7.71. The van der Waals surface area contributed by atoms with Crippen LogP contribution in [0.5, 0.6) is 0 Å². The van der Waals surface area contributed by atoms with E-state index in [1.807, 2.05) is 0 Å². The average molecular weight is 309 g/mol. The van der Waals surface area contributed by atoms with Crippen LogP contribution in [0.2, 0.25) is 0 Å². The van der Waals surface area contributed by atoms with Crippen LogP contribution in [-0.4, -0.2) is 28.6 Å². The SMILES string of the molecule is CCCCCCCC(=O)N[C@H](CC(N)=O)C(=O)c1ncco1. The molecule has 0 aromatic carbocycles. The molecule has 0 unspecified atom stereocenters. The van der Waals surface area contributed by atoms with E-state index in [1.165, 1.54) is 12.5 Å². The van der Waals surface area contributed by atoms with Crippen molar-refractivity contribution in [2.45, 2.75) is 57.9 Å². The number of aromatic nitrogens is 1. The van der Waals surface area contributed by atoms with Crippen molar-refractivity contribution in [2.75, 3.05) is 0 Å². The molecule has 122 valence electrons. The Morgan fingerprint density at radius 3 is 2.59 bits per heavy atom. The molecule has 1 heterocycles. The summed E-state index contributed by atoms with van der Waals surface area (Å²) in [7, 11) is 0. The number of hydrogen-bond acceptors (Lipinski definition) is 5. The first kappa shape index (κ1) is 17.9. The van der Waals surface area contributed by atoms with Gasteiger partial charge in [-0.05, 0) is 6.42 Å². The number of hydrogen-bond donors (Lipinski definition) is 2. The minimum absolute atomic E-state index is 0.144. The number of carbonyl (C=O) groups is 3. The van der Waals surface area contributed by atoms with E-state index in [-0.39, 0.29) is 18.2 Å². The molecule has 0 fully saturated rings. The standard InChI is InChI=1S/C15H23N3O4/c1-2-3-4-5-6-7-13(20)18-11(10-12(16)19)14(21)15-17-8-9-22-15/h8-9,11H,2-7,10H2,1H3,(H2,16,19)(H,18,20)/t11-/m1/s1. The maximum absolute atomic E-state index is 12.1. The second-order valence-electron chi connectivity index (χ2n) is 5.16. The van der Waals surface area contributed by atoms with Gasteiger partial charge in [-0.1, -0.05) is 32.6 Å². The zero-order chi connectivity index (χ0) is 16.4. The van der Waals surface area contributed by atoms with Gasteiger partial charge in [0.25, 0.3) is 5.89 Å². The monoisotopic (exact) mass is 309 g/mol. The van der Waals surface area contributed by atoms with E-state index >= 15 is 0 Å². The van der Waals surface area contributed by atoms with Crippen molar-refractivity contribution in [1.82, 2.24) is 10.3 Å². The van der Waals surface area contributed by atoms with Crippen LogP contribution in [-0.2, 0) is 9.59 Å². The first-order valence-corrected chi connectivity index (χ1v) is 7.56. The van der Waals surface area contributed by atoms with Crippen LogP contribution >= 0.6 is 0 Å². The number of nitrogens with one attached hydrogen (secondary N) is 1. The van der Waals surface area contributed by atoms with E-state index in [0.29, 0.717) is 6.42 Å². The van der Waals surface area contributed by atoms with Gasteiger partial charge in [-0.25, -0.2) is 4.98 Å². The Balaban J connectivity index is 2.49. The minimum atomic E-state index is -1.03. The van der Waals surface area contributed by atoms with Gasteiger partial charge in [0.05, 0.1) is 12.6 Å². The number of amides is 2. The van der Waals surface area contributed by atoms with Gasteiger partial charge in [0, 0.05) is 6.42 Å². The van der Waals surface area contributed by atoms with Crippen molar-refractivity contribution in [3.8, 4) is 0 Å². The summed E-state index contributed by atoms with van der Waals surface area (Å²) < 4.78 is 4.90. The van der Waals surface area contributed by atoms with Gasteiger partial charge in [-0.3, -0.25) is 14.4 Å². The van der Waals surface area contributed by atoms with E-state index in [0.717, 1.165) is 32.1 Å². The summed E-state index contributed by atoms with van der Waals surface area (Å²) in [6, 6.07) is -1.03. The third kappa shape index (κ3) is 6.51. The van der Waals surface area contributed by atoms with Crippen LogP contribution in [0.15, 0.2) is 16.9 Å². The summed E-state index contributed by atoms with van der Waals surface area (Å²) in [5.74, 6) is -1.64. The smallest absolute Gasteiger partial charge is 0.265 e. The largest absolute Gasteiger partial charge is 0.442 e. The molecule has 0 bridgehead atoms. The van der Waals surface area contributed by atoms with Crippen molar-refractivity contribution in [3.63, 3.8) is 0 Å². The molecule has 0 aliphatic heterocycles. The number of primary amides is 1. The molecule has 0 spiro atoms. The van der Waals surface area contributed by atoms with Crippen molar-refractivity contribution >= 4 is 17.6 Å². The molecule has 0 aliphatic rings. The lowest BCUT2D eigenvalue weighted by Gasteiger charge is -2.14. The molecule has 1 rings (SSSR count). The van der Waals surface area contributed by atoms with E-state index in [9.17, 15) is 14.4 Å². The fraction of sp³-hybridized carbons (Fsp3) is 0.600. The molecule has 7 nitrogen and oxygen atoms in total. The zero-order valence-corrected chi connectivity index (χ0v) is 12.8. The number of unbranched alkanes of at least 4 members (excludes halogenated alkanes) is 4. The Hall–Kier alpha value is -2.18. The van der Waals surface area contributed by atoms with Crippen LogP contribution in [0.1, 0.15) is 62.6 Å². The van der Waals surface area contributed by atoms with Gasteiger partial charge in [0.15, 0.2) is 0 Å². The molecule has 0 saturated carbocycles. The number of rotatable bonds is 11. The minimum Gasteiger partial charge on any atom is -0.442 e. The summed E-state index contributed by atoms with van der Waals surface area (Å²) in [6.45, 7) is 2.12. The molecule has 1 aromatic rings. The molecule has 1 aromatic heterocycles. The van der Waals surface area contributed by atoms with Gasteiger partial charge in [-0.15, -0.1) is 0 Å². The molecule has 7 heteroatoms. The maximum Gasteiger partial charge on any atom is 0.265 e. The van der Waals surface area contributed by atoms with Crippen LogP contribution < -0.4 is 11.1 Å². The molecule has 1 atom stereocenters. The molecule has 0 aliphatic carbocycles. The van der Waals surface area contributed by atoms with Crippen LogP contribution in [0, 0.1) is 0 Å². The summed E-state index contributed by atoms with van der Waals surface area (Å²) in [5, 5.41) is 2.54. The second-order valence-corrected chi connectivity index (χ2v) is 5.16. The highest BCUT2D eigenvalue weighted by molar-refractivity contribution is 6.00.